The van der Waals surface area contributed by atoms with Gasteiger partial charge in [0.05, 0.1) is 52.4 Å². The normalized spacial score (nSPS) is 49.7. The highest BCUT2D eigenvalue weighted by Gasteiger charge is 2.56. The predicted octanol–water partition coefficient (Wildman–Crippen LogP) is -14.3. The van der Waals surface area contributed by atoms with Gasteiger partial charge in [0, 0.05) is 0 Å². The van der Waals surface area contributed by atoms with Crippen LogP contribution in [0.1, 0.15) is 6.92 Å². The summed E-state index contributed by atoms with van der Waals surface area (Å²) in [5.41, 5.74) is 0. The van der Waals surface area contributed by atoms with Crippen LogP contribution in [-0.4, -0.2) is 350 Å². The first kappa shape index (κ1) is 60.9. The molecule has 33 nitrogen and oxygen atoms in total. The molecule has 6 rings (SSSR count). The van der Waals surface area contributed by atoms with Crippen LogP contribution in [0.3, 0.4) is 0 Å². The molecule has 21 N–H and O–H groups in total. The number of aliphatic hydroxyl groups is 21. The molecule has 6 fully saturated rings. The third-order valence-electron chi connectivity index (χ3n) is 13.3. The van der Waals surface area contributed by atoms with E-state index in [9.17, 15) is 107 Å². The van der Waals surface area contributed by atoms with Gasteiger partial charge in [0.25, 0.3) is 0 Å². The van der Waals surface area contributed by atoms with Crippen molar-refractivity contribution in [1.82, 2.24) is 0 Å². The molecule has 32 unspecified atom stereocenters. The zero-order valence-electron chi connectivity index (χ0n) is 38.7. The average Bonchev–Trinajstić information content (AvgIpc) is 3.37. The molecule has 0 aromatic carbocycles. The maximum atomic E-state index is 11.6. The fourth-order valence-corrected chi connectivity index (χ4v) is 8.73. The Bertz CT molecular complexity index is 1650. The predicted molar refractivity (Wildman–Crippen MR) is 221 cm³/mol. The molecule has 0 amide bonds. The zero-order valence-corrected chi connectivity index (χ0v) is 38.7. The summed E-state index contributed by atoms with van der Waals surface area (Å²) in [5.74, 6) is 0. The molecule has 0 aromatic heterocycles. The number of hydrogen-bond acceptors (Lipinski definition) is 33. The van der Waals surface area contributed by atoms with Crippen molar-refractivity contribution >= 4 is 0 Å². The van der Waals surface area contributed by atoms with Gasteiger partial charge in [-0.25, -0.2) is 0 Å². The topological polar surface area (TPSA) is 536 Å². The molecule has 6 heterocycles. The van der Waals surface area contributed by atoms with Crippen LogP contribution in [0.4, 0.5) is 0 Å². The summed E-state index contributed by atoms with van der Waals surface area (Å²) in [6.45, 7) is -4.84. The minimum absolute atomic E-state index is 0.488. The van der Waals surface area contributed by atoms with E-state index in [0.29, 0.717) is 0 Å². The van der Waals surface area contributed by atoms with Gasteiger partial charge in [-0.2, -0.15) is 0 Å². The summed E-state index contributed by atoms with van der Waals surface area (Å²) in [4.78, 5) is 0. The van der Waals surface area contributed by atoms with E-state index in [1.807, 2.05) is 0 Å². The lowest BCUT2D eigenvalue weighted by atomic mass is 9.96. The van der Waals surface area contributed by atoms with Crippen LogP contribution < -0.4 is 0 Å². The van der Waals surface area contributed by atoms with Crippen LogP contribution in [0.5, 0.6) is 0 Å². The van der Waals surface area contributed by atoms with Crippen molar-refractivity contribution in [3.8, 4) is 0 Å². The maximum absolute atomic E-state index is 11.6. The van der Waals surface area contributed by atoms with Crippen molar-refractivity contribution in [2.75, 3.05) is 46.2 Å². The Balaban J connectivity index is 1.26. The van der Waals surface area contributed by atoms with Gasteiger partial charge in [-0.15, -0.1) is 0 Å². The van der Waals surface area contributed by atoms with E-state index in [2.05, 4.69) is 0 Å². The molecule has 0 radical (unpaired) electrons. The molecule has 32 atom stereocenters. The number of ether oxygens (including phenoxy) is 12. The third kappa shape index (κ3) is 13.6. The van der Waals surface area contributed by atoms with Crippen LogP contribution in [0.2, 0.25) is 0 Å². The van der Waals surface area contributed by atoms with E-state index < -0.39 is 243 Å². The number of rotatable bonds is 20. The van der Waals surface area contributed by atoms with Gasteiger partial charge in [-0.1, -0.05) is 0 Å². The van der Waals surface area contributed by atoms with E-state index >= 15 is 0 Å². The lowest BCUT2D eigenvalue weighted by Gasteiger charge is -2.48. The summed E-state index contributed by atoms with van der Waals surface area (Å²) < 4.78 is 67.9. The van der Waals surface area contributed by atoms with E-state index in [1.165, 1.54) is 6.92 Å². The SMILES string of the molecule is CC1OC(OC2C(OC3C(OCC4OC(OC(C(O)CO)C(O)C(O)CO)C(O)C(O)C4OC4OC(COC5OCC(O)C(O)C5O)C(O)C(O)C4O)OCC(O)C3O)OC(CO)C(O)C2O)C(O)C(O)C1O. The Hall–Kier alpha value is -1.32. The van der Waals surface area contributed by atoms with E-state index in [-0.39, 0.29) is 0 Å². The fourth-order valence-electron chi connectivity index (χ4n) is 8.73. The Morgan fingerprint density at radius 3 is 1.49 bits per heavy atom. The smallest absolute Gasteiger partial charge is 0.187 e. The Kier molecular flexibility index (Phi) is 22.2. The molecule has 6 aliphatic rings. The van der Waals surface area contributed by atoms with Crippen molar-refractivity contribution < 1.29 is 164 Å². The van der Waals surface area contributed by atoms with E-state index in [0.717, 1.165) is 0 Å². The third-order valence-corrected chi connectivity index (χ3v) is 13.3. The second-order valence-electron chi connectivity index (χ2n) is 18.5. The van der Waals surface area contributed by atoms with Gasteiger partial charge in [-0.05, 0) is 6.92 Å². The van der Waals surface area contributed by atoms with Crippen LogP contribution in [-0.2, 0) is 56.8 Å². The minimum Gasteiger partial charge on any atom is -0.394 e. The largest absolute Gasteiger partial charge is 0.394 e. The first-order valence-corrected chi connectivity index (χ1v) is 23.2. The summed E-state index contributed by atoms with van der Waals surface area (Å²) in [7, 11) is 0. The zero-order chi connectivity index (χ0) is 53.9. The molecule has 0 saturated carbocycles. The standard InChI is InChI=1S/C40H70O33/c1-9-17(48)23(54)28(59)36(66-9)72-34-25(56)21(52)14(4-43)67-40(34)73-33-20(51)13(47)6-63-39(33)65-8-16-32(26(57)30(61)38(69-16)70-31(11(45)3-42)19(50)10(44)2-41)71-37-29(60)24(55)22(53)15(68-37)7-64-35-27(58)18(49)12(46)5-62-35/h9-61H,2-8H2,1H3. The van der Waals surface area contributed by atoms with Crippen LogP contribution in [0.15, 0.2) is 0 Å². The molecule has 0 aromatic rings. The Morgan fingerprint density at radius 2 is 0.863 bits per heavy atom. The van der Waals surface area contributed by atoms with Crippen molar-refractivity contribution in [2.24, 2.45) is 0 Å². The second kappa shape index (κ2) is 26.6. The van der Waals surface area contributed by atoms with Gasteiger partial charge < -0.3 is 164 Å². The Labute approximate surface area is 413 Å². The molecule has 33 heteroatoms. The quantitative estimate of drug-likeness (QED) is 0.0538. The highest BCUT2D eigenvalue weighted by molar-refractivity contribution is 4.98. The van der Waals surface area contributed by atoms with Crippen molar-refractivity contribution in [3.05, 3.63) is 0 Å². The average molecular weight is 1080 g/mol. The molecular weight excluding hydrogens is 1010 g/mol. The van der Waals surface area contributed by atoms with Gasteiger partial charge in [0.15, 0.2) is 37.7 Å². The van der Waals surface area contributed by atoms with Gasteiger partial charge in [0.1, 0.15) is 153 Å². The summed E-state index contributed by atoms with van der Waals surface area (Å²) in [5, 5.41) is 222. The fraction of sp³-hybridized carbons (Fsp3) is 1.00. The summed E-state index contributed by atoms with van der Waals surface area (Å²) in [6.07, 6.45) is -61.5. The first-order chi connectivity index (χ1) is 34.4. The van der Waals surface area contributed by atoms with Crippen molar-refractivity contribution in [1.29, 1.82) is 0 Å². The van der Waals surface area contributed by atoms with Crippen molar-refractivity contribution in [2.45, 2.75) is 203 Å². The second-order valence-corrected chi connectivity index (χ2v) is 18.5. The van der Waals surface area contributed by atoms with Crippen LogP contribution in [0, 0.1) is 0 Å². The van der Waals surface area contributed by atoms with E-state index in [1.54, 1.807) is 0 Å². The van der Waals surface area contributed by atoms with Crippen molar-refractivity contribution in [3.63, 3.8) is 0 Å². The first-order valence-electron chi connectivity index (χ1n) is 23.2. The molecule has 0 bridgehead atoms. The molecular formula is C40H70O33. The minimum atomic E-state index is -2.31. The maximum Gasteiger partial charge on any atom is 0.187 e. The molecule has 428 valence electrons. The summed E-state index contributed by atoms with van der Waals surface area (Å²) in [6, 6.07) is 0. The van der Waals surface area contributed by atoms with Gasteiger partial charge in [-0.3, -0.25) is 0 Å². The highest BCUT2D eigenvalue weighted by atomic mass is 16.8. The molecule has 0 aliphatic carbocycles. The summed E-state index contributed by atoms with van der Waals surface area (Å²) >= 11 is 0. The Morgan fingerprint density at radius 1 is 0.411 bits per heavy atom. The van der Waals surface area contributed by atoms with Gasteiger partial charge in [0.2, 0.25) is 0 Å². The van der Waals surface area contributed by atoms with Crippen LogP contribution >= 0.6 is 0 Å². The number of aliphatic hydroxyl groups excluding tert-OH is 21. The van der Waals surface area contributed by atoms with E-state index in [4.69, 9.17) is 56.8 Å². The molecule has 6 aliphatic heterocycles. The molecule has 73 heavy (non-hydrogen) atoms. The number of hydrogen-bond donors (Lipinski definition) is 21. The van der Waals surface area contributed by atoms with Crippen LogP contribution in [0.25, 0.3) is 0 Å². The highest BCUT2D eigenvalue weighted by Crippen LogP contribution is 2.35. The van der Waals surface area contributed by atoms with Gasteiger partial charge >= 0.3 is 0 Å². The lowest BCUT2D eigenvalue weighted by Crippen LogP contribution is -2.66. The molecule has 0 spiro atoms. The molecule has 6 saturated heterocycles. The monoisotopic (exact) mass is 1080 g/mol. The lowest BCUT2D eigenvalue weighted by molar-refractivity contribution is -0.392.